The van der Waals surface area contributed by atoms with Crippen LogP contribution in [0.15, 0.2) is 24.3 Å². The van der Waals surface area contributed by atoms with E-state index in [1.807, 2.05) is 36.2 Å². The van der Waals surface area contributed by atoms with E-state index in [0.29, 0.717) is 18.1 Å². The van der Waals surface area contributed by atoms with Crippen molar-refractivity contribution in [2.75, 3.05) is 13.6 Å². The van der Waals surface area contributed by atoms with E-state index >= 15 is 0 Å². The first-order chi connectivity index (χ1) is 9.96. The third-order valence-electron chi connectivity index (χ3n) is 3.43. The molecule has 1 amide bonds. The predicted molar refractivity (Wildman–Crippen MR) is 91.2 cm³/mol. The van der Waals surface area contributed by atoms with Gasteiger partial charge < -0.3 is 11.1 Å². The molecule has 0 aliphatic rings. The van der Waals surface area contributed by atoms with Gasteiger partial charge in [0, 0.05) is 18.2 Å². The van der Waals surface area contributed by atoms with Crippen LogP contribution in [0.4, 0.5) is 0 Å². The topological polar surface area (TPSA) is 58.4 Å². The molecule has 21 heavy (non-hydrogen) atoms. The number of hydrogen-bond donors (Lipinski definition) is 2. The number of thiocarbonyl (C=S) groups is 1. The van der Waals surface area contributed by atoms with Gasteiger partial charge in [-0.2, -0.15) is 0 Å². The molecule has 0 unspecified atom stereocenters. The van der Waals surface area contributed by atoms with Crippen molar-refractivity contribution in [3.05, 3.63) is 35.4 Å². The molecular weight excluding hydrogens is 282 g/mol. The van der Waals surface area contributed by atoms with Gasteiger partial charge in [0.15, 0.2) is 0 Å². The Hall–Kier alpha value is -1.46. The molecule has 1 aromatic carbocycles. The van der Waals surface area contributed by atoms with E-state index in [4.69, 9.17) is 18.0 Å². The largest absolute Gasteiger partial charge is 0.389 e. The molecule has 0 aromatic heterocycles. The summed E-state index contributed by atoms with van der Waals surface area (Å²) in [6.45, 7) is 5.24. The molecule has 116 valence electrons. The van der Waals surface area contributed by atoms with Gasteiger partial charge in [0.05, 0.1) is 6.54 Å². The van der Waals surface area contributed by atoms with Gasteiger partial charge in [-0.15, -0.1) is 0 Å². The summed E-state index contributed by atoms with van der Waals surface area (Å²) in [4.78, 5) is 14.3. The van der Waals surface area contributed by atoms with Crippen molar-refractivity contribution in [2.45, 2.75) is 39.3 Å². The van der Waals surface area contributed by atoms with Gasteiger partial charge in [-0.1, -0.05) is 44.3 Å². The molecule has 0 saturated carbocycles. The van der Waals surface area contributed by atoms with Crippen molar-refractivity contribution in [3.8, 4) is 0 Å². The zero-order valence-electron chi connectivity index (χ0n) is 13.1. The number of carbonyl (C=O) groups excluding carboxylic acids is 1. The first-order valence-corrected chi connectivity index (χ1v) is 7.73. The highest BCUT2D eigenvalue weighted by molar-refractivity contribution is 7.80. The summed E-state index contributed by atoms with van der Waals surface area (Å²) in [6, 6.07) is 8.08. The van der Waals surface area contributed by atoms with Crippen molar-refractivity contribution in [1.82, 2.24) is 10.2 Å². The minimum atomic E-state index is 0.0664. The number of nitrogens with zero attached hydrogens (tertiary/aromatic N) is 1. The number of carbonyl (C=O) groups is 1. The van der Waals surface area contributed by atoms with Crippen LogP contribution in [0, 0.1) is 0 Å². The van der Waals surface area contributed by atoms with Crippen LogP contribution in [0.1, 0.15) is 37.8 Å². The summed E-state index contributed by atoms with van der Waals surface area (Å²) in [5.74, 6) is 0.0664. The Labute approximate surface area is 132 Å². The molecule has 1 aromatic rings. The standard InChI is InChI=1S/C16H25N3OS/c1-4-14(5-2)18-15(20)11-19(3)10-12-7-6-8-13(9-12)16(17)21/h6-9,14H,4-5,10-11H2,1-3H3,(H2,17,21)(H,18,20). The Bertz CT molecular complexity index is 486. The average molecular weight is 307 g/mol. The van der Waals surface area contributed by atoms with Gasteiger partial charge in [-0.3, -0.25) is 9.69 Å². The zero-order chi connectivity index (χ0) is 15.8. The van der Waals surface area contributed by atoms with E-state index < -0.39 is 0 Å². The van der Waals surface area contributed by atoms with Crippen LogP contribution in [-0.2, 0) is 11.3 Å². The lowest BCUT2D eigenvalue weighted by Crippen LogP contribution is -2.40. The minimum absolute atomic E-state index is 0.0664. The van der Waals surface area contributed by atoms with Gasteiger partial charge in [-0.25, -0.2) is 0 Å². The monoisotopic (exact) mass is 307 g/mol. The Morgan fingerprint density at radius 3 is 2.62 bits per heavy atom. The smallest absolute Gasteiger partial charge is 0.234 e. The highest BCUT2D eigenvalue weighted by Gasteiger charge is 2.11. The highest BCUT2D eigenvalue weighted by atomic mass is 32.1. The van der Waals surface area contributed by atoms with Crippen LogP contribution in [0.2, 0.25) is 0 Å². The van der Waals surface area contributed by atoms with Crippen molar-refractivity contribution in [2.24, 2.45) is 5.73 Å². The molecular formula is C16H25N3OS. The van der Waals surface area contributed by atoms with Gasteiger partial charge in [0.25, 0.3) is 0 Å². The van der Waals surface area contributed by atoms with Gasteiger partial charge in [0.2, 0.25) is 5.91 Å². The highest BCUT2D eigenvalue weighted by Crippen LogP contribution is 2.07. The number of benzene rings is 1. The van der Waals surface area contributed by atoms with Gasteiger partial charge >= 0.3 is 0 Å². The predicted octanol–water partition coefficient (Wildman–Crippen LogP) is 2.06. The van der Waals surface area contributed by atoms with Crippen molar-refractivity contribution in [1.29, 1.82) is 0 Å². The molecule has 0 atom stereocenters. The molecule has 4 nitrogen and oxygen atoms in total. The lowest BCUT2D eigenvalue weighted by Gasteiger charge is -2.20. The number of hydrogen-bond acceptors (Lipinski definition) is 3. The van der Waals surface area contributed by atoms with Crippen LogP contribution in [0.3, 0.4) is 0 Å². The van der Waals surface area contributed by atoms with Crippen LogP contribution in [0.5, 0.6) is 0 Å². The molecule has 5 heteroatoms. The van der Waals surface area contributed by atoms with E-state index in [1.54, 1.807) is 0 Å². The fourth-order valence-electron chi connectivity index (χ4n) is 2.20. The van der Waals surface area contributed by atoms with Crippen molar-refractivity contribution in [3.63, 3.8) is 0 Å². The Kier molecular flexibility index (Phi) is 7.32. The van der Waals surface area contributed by atoms with Gasteiger partial charge in [-0.05, 0) is 31.5 Å². The maximum atomic E-state index is 12.0. The molecule has 0 heterocycles. The maximum Gasteiger partial charge on any atom is 0.234 e. The van der Waals surface area contributed by atoms with Crippen LogP contribution < -0.4 is 11.1 Å². The van der Waals surface area contributed by atoms with E-state index in [0.717, 1.165) is 24.0 Å². The number of likely N-dealkylation sites (N-methyl/N-ethyl adjacent to an activating group) is 1. The number of amides is 1. The average Bonchev–Trinajstić information content (AvgIpc) is 2.44. The van der Waals surface area contributed by atoms with E-state index in [9.17, 15) is 4.79 Å². The normalized spacial score (nSPS) is 10.9. The molecule has 0 saturated heterocycles. The Balaban J connectivity index is 2.53. The van der Waals surface area contributed by atoms with E-state index in [2.05, 4.69) is 19.2 Å². The fourth-order valence-corrected chi connectivity index (χ4v) is 2.33. The second kappa shape index (κ2) is 8.74. The number of nitrogens with one attached hydrogen (secondary N) is 1. The summed E-state index contributed by atoms with van der Waals surface area (Å²) in [5, 5.41) is 3.04. The molecule has 0 fully saturated rings. The lowest BCUT2D eigenvalue weighted by atomic mass is 10.1. The summed E-state index contributed by atoms with van der Waals surface area (Å²) in [5.41, 5.74) is 7.59. The van der Waals surface area contributed by atoms with Crippen LogP contribution in [-0.4, -0.2) is 35.4 Å². The summed E-state index contributed by atoms with van der Waals surface area (Å²) < 4.78 is 0. The van der Waals surface area contributed by atoms with Crippen LogP contribution >= 0.6 is 12.2 Å². The van der Waals surface area contributed by atoms with Gasteiger partial charge in [0.1, 0.15) is 4.99 Å². The first-order valence-electron chi connectivity index (χ1n) is 7.32. The summed E-state index contributed by atoms with van der Waals surface area (Å²) in [7, 11) is 1.93. The summed E-state index contributed by atoms with van der Waals surface area (Å²) in [6.07, 6.45) is 1.92. The van der Waals surface area contributed by atoms with Crippen molar-refractivity contribution < 1.29 is 4.79 Å². The van der Waals surface area contributed by atoms with Crippen molar-refractivity contribution >= 4 is 23.1 Å². The molecule has 0 bridgehead atoms. The summed E-state index contributed by atoms with van der Waals surface area (Å²) >= 11 is 4.98. The molecule has 3 N–H and O–H groups in total. The molecule has 1 rings (SSSR count). The van der Waals surface area contributed by atoms with Crippen LogP contribution in [0.25, 0.3) is 0 Å². The molecule has 0 radical (unpaired) electrons. The maximum absolute atomic E-state index is 12.0. The SMILES string of the molecule is CCC(CC)NC(=O)CN(C)Cc1cccc(C(N)=S)c1. The molecule has 0 aliphatic carbocycles. The first kappa shape index (κ1) is 17.6. The fraction of sp³-hybridized carbons (Fsp3) is 0.500. The number of rotatable bonds is 8. The molecule has 0 spiro atoms. The third-order valence-corrected chi connectivity index (χ3v) is 3.66. The minimum Gasteiger partial charge on any atom is -0.389 e. The third kappa shape index (κ3) is 6.23. The second-order valence-electron chi connectivity index (χ2n) is 5.32. The zero-order valence-corrected chi connectivity index (χ0v) is 13.9. The molecule has 0 aliphatic heterocycles. The second-order valence-corrected chi connectivity index (χ2v) is 5.76. The Morgan fingerprint density at radius 1 is 1.38 bits per heavy atom. The quantitative estimate of drug-likeness (QED) is 0.722. The Morgan fingerprint density at radius 2 is 2.05 bits per heavy atom. The van der Waals surface area contributed by atoms with E-state index in [-0.39, 0.29) is 11.9 Å². The van der Waals surface area contributed by atoms with E-state index in [1.165, 1.54) is 0 Å². The number of nitrogens with two attached hydrogens (primary N) is 1. The lowest BCUT2D eigenvalue weighted by molar-refractivity contribution is -0.122.